The lowest BCUT2D eigenvalue weighted by Crippen LogP contribution is -2.32. The number of carbonyl (C=O) groups is 2. The van der Waals surface area contributed by atoms with Crippen LogP contribution in [-0.2, 0) is 14.3 Å². The van der Waals surface area contributed by atoms with Crippen molar-refractivity contribution < 1.29 is 14.3 Å². The van der Waals surface area contributed by atoms with E-state index in [1.54, 1.807) is 13.0 Å². The molecule has 0 fully saturated rings. The summed E-state index contributed by atoms with van der Waals surface area (Å²) in [4.78, 5) is 25.4. The van der Waals surface area contributed by atoms with Gasteiger partial charge in [0.25, 0.3) is 5.91 Å². The minimum atomic E-state index is -0.914. The van der Waals surface area contributed by atoms with Gasteiger partial charge in [0.05, 0.1) is 0 Å². The molecule has 0 unspecified atom stereocenters. The summed E-state index contributed by atoms with van der Waals surface area (Å²) in [6.45, 7) is 3.53. The van der Waals surface area contributed by atoms with E-state index >= 15 is 0 Å². The molecule has 1 atom stereocenters. The average Bonchev–Trinajstić information content (AvgIpc) is 2.70. The number of esters is 1. The van der Waals surface area contributed by atoms with Gasteiger partial charge in [-0.2, -0.15) is 0 Å². The summed E-state index contributed by atoms with van der Waals surface area (Å²) in [5.74, 6) is -1.40. The van der Waals surface area contributed by atoms with Gasteiger partial charge in [0.1, 0.15) is 5.92 Å². The largest absolute Gasteiger partial charge is 0.452 e. The van der Waals surface area contributed by atoms with E-state index < -0.39 is 18.0 Å². The van der Waals surface area contributed by atoms with Crippen LogP contribution in [0.1, 0.15) is 29.5 Å². The molecule has 142 valence electrons. The van der Waals surface area contributed by atoms with E-state index in [1.165, 1.54) is 0 Å². The summed E-state index contributed by atoms with van der Waals surface area (Å²) in [7, 11) is 0. The Balaban J connectivity index is 1.75. The molecule has 0 radical (unpaired) electrons. The molecule has 0 aliphatic carbocycles. The van der Waals surface area contributed by atoms with Crippen LogP contribution in [0.25, 0.3) is 0 Å². The first-order chi connectivity index (χ1) is 13.5. The number of amides is 1. The Bertz CT molecular complexity index is 899. The van der Waals surface area contributed by atoms with Crippen molar-refractivity contribution in [2.75, 3.05) is 5.32 Å². The predicted octanol–water partition coefficient (Wildman–Crippen LogP) is 4.70. The number of carbonyl (C=O) groups excluding carboxylic acids is 2. The fraction of sp³-hybridized carbons (Fsp3) is 0.167. The summed E-state index contributed by atoms with van der Waals surface area (Å²) in [6.07, 6.45) is -0.914. The molecule has 28 heavy (non-hydrogen) atoms. The van der Waals surface area contributed by atoms with Crippen molar-refractivity contribution in [3.05, 3.63) is 102 Å². The standard InChI is InChI=1S/C24H23NO3/c1-17-10-9-15-21(16-17)25-23(26)18(2)28-24(27)22(19-11-5-3-6-12-19)20-13-7-4-8-14-20/h3-16,18,22H,1-2H3,(H,25,26)/t18-/m0/s1. The normalized spacial score (nSPS) is 11.7. The van der Waals surface area contributed by atoms with E-state index in [2.05, 4.69) is 5.32 Å². The second kappa shape index (κ2) is 9.00. The lowest BCUT2D eigenvalue weighted by atomic mass is 9.91. The molecule has 4 nitrogen and oxygen atoms in total. The molecule has 0 heterocycles. The van der Waals surface area contributed by atoms with Crippen molar-refractivity contribution in [1.82, 2.24) is 0 Å². The van der Waals surface area contributed by atoms with Crippen LogP contribution in [-0.4, -0.2) is 18.0 Å². The van der Waals surface area contributed by atoms with Gasteiger partial charge in [0.15, 0.2) is 6.10 Å². The molecule has 0 aromatic heterocycles. The number of aryl methyl sites for hydroxylation is 1. The van der Waals surface area contributed by atoms with Gasteiger partial charge in [-0.15, -0.1) is 0 Å². The van der Waals surface area contributed by atoms with Gasteiger partial charge in [0.2, 0.25) is 0 Å². The Kier molecular flexibility index (Phi) is 6.22. The maximum atomic E-state index is 13.0. The molecular weight excluding hydrogens is 350 g/mol. The van der Waals surface area contributed by atoms with E-state index in [4.69, 9.17) is 4.74 Å². The molecule has 0 aliphatic heterocycles. The number of hydrogen-bond acceptors (Lipinski definition) is 3. The number of hydrogen-bond donors (Lipinski definition) is 1. The van der Waals surface area contributed by atoms with Crippen LogP contribution in [0.5, 0.6) is 0 Å². The highest BCUT2D eigenvalue weighted by Crippen LogP contribution is 2.26. The zero-order valence-corrected chi connectivity index (χ0v) is 16.0. The molecule has 4 heteroatoms. The van der Waals surface area contributed by atoms with Crippen molar-refractivity contribution >= 4 is 17.6 Å². The summed E-state index contributed by atoms with van der Waals surface area (Å²) in [5, 5.41) is 2.79. The van der Waals surface area contributed by atoms with Crippen molar-refractivity contribution in [3.8, 4) is 0 Å². The first-order valence-corrected chi connectivity index (χ1v) is 9.22. The van der Waals surface area contributed by atoms with Crippen LogP contribution in [0.4, 0.5) is 5.69 Å². The van der Waals surface area contributed by atoms with E-state index in [0.717, 1.165) is 16.7 Å². The molecule has 3 rings (SSSR count). The highest BCUT2D eigenvalue weighted by Gasteiger charge is 2.27. The topological polar surface area (TPSA) is 55.4 Å². The monoisotopic (exact) mass is 373 g/mol. The Hall–Kier alpha value is -3.40. The lowest BCUT2D eigenvalue weighted by Gasteiger charge is -2.20. The van der Waals surface area contributed by atoms with Gasteiger partial charge in [-0.05, 0) is 42.7 Å². The van der Waals surface area contributed by atoms with Gasteiger partial charge in [-0.1, -0.05) is 72.8 Å². The molecular formula is C24H23NO3. The molecule has 0 bridgehead atoms. The molecule has 3 aromatic carbocycles. The molecule has 0 aliphatic rings. The fourth-order valence-electron chi connectivity index (χ4n) is 3.02. The average molecular weight is 373 g/mol. The van der Waals surface area contributed by atoms with Gasteiger partial charge in [-0.3, -0.25) is 9.59 Å². The zero-order valence-electron chi connectivity index (χ0n) is 16.0. The molecule has 0 spiro atoms. The molecule has 1 N–H and O–H groups in total. The third kappa shape index (κ3) is 4.86. The third-order valence-corrected chi connectivity index (χ3v) is 4.45. The predicted molar refractivity (Wildman–Crippen MR) is 110 cm³/mol. The summed E-state index contributed by atoms with van der Waals surface area (Å²) >= 11 is 0. The summed E-state index contributed by atoms with van der Waals surface area (Å²) in [6, 6.07) is 26.3. The number of rotatable bonds is 6. The van der Waals surface area contributed by atoms with E-state index in [-0.39, 0.29) is 5.91 Å². The number of anilines is 1. The van der Waals surface area contributed by atoms with Gasteiger partial charge in [-0.25, -0.2) is 0 Å². The van der Waals surface area contributed by atoms with Crippen molar-refractivity contribution in [1.29, 1.82) is 0 Å². The minimum absolute atomic E-state index is 0.362. The SMILES string of the molecule is Cc1cccc(NC(=O)[C@H](C)OC(=O)C(c2ccccc2)c2ccccc2)c1. The van der Waals surface area contributed by atoms with Crippen molar-refractivity contribution in [3.63, 3.8) is 0 Å². The Labute approximate surface area is 165 Å². The maximum Gasteiger partial charge on any atom is 0.318 e. The maximum absolute atomic E-state index is 13.0. The quantitative estimate of drug-likeness (QED) is 0.637. The van der Waals surface area contributed by atoms with Gasteiger partial charge in [0, 0.05) is 5.69 Å². The number of ether oxygens (including phenoxy) is 1. The van der Waals surface area contributed by atoms with Gasteiger partial charge >= 0.3 is 5.97 Å². The Morgan fingerprint density at radius 3 is 1.93 bits per heavy atom. The van der Waals surface area contributed by atoms with Crippen LogP contribution < -0.4 is 5.32 Å². The molecule has 0 saturated carbocycles. The van der Waals surface area contributed by atoms with E-state index in [0.29, 0.717) is 5.69 Å². The van der Waals surface area contributed by atoms with Gasteiger partial charge < -0.3 is 10.1 Å². The first-order valence-electron chi connectivity index (χ1n) is 9.22. The second-order valence-corrected chi connectivity index (χ2v) is 6.69. The first kappa shape index (κ1) is 19.4. The van der Waals surface area contributed by atoms with Crippen LogP contribution in [0.2, 0.25) is 0 Å². The number of benzene rings is 3. The molecule has 1 amide bonds. The lowest BCUT2D eigenvalue weighted by molar-refractivity contribution is -0.153. The zero-order chi connectivity index (χ0) is 19.9. The third-order valence-electron chi connectivity index (χ3n) is 4.45. The van der Waals surface area contributed by atoms with E-state index in [1.807, 2.05) is 85.8 Å². The Morgan fingerprint density at radius 1 is 0.821 bits per heavy atom. The fourth-order valence-corrected chi connectivity index (χ4v) is 3.02. The van der Waals surface area contributed by atoms with Crippen LogP contribution in [0, 0.1) is 6.92 Å². The highest BCUT2D eigenvalue weighted by atomic mass is 16.5. The smallest absolute Gasteiger partial charge is 0.318 e. The van der Waals surface area contributed by atoms with E-state index in [9.17, 15) is 9.59 Å². The van der Waals surface area contributed by atoms with Crippen LogP contribution in [0.15, 0.2) is 84.9 Å². The summed E-state index contributed by atoms with van der Waals surface area (Å²) < 4.78 is 5.53. The Morgan fingerprint density at radius 2 is 1.39 bits per heavy atom. The molecule has 3 aromatic rings. The van der Waals surface area contributed by atoms with Crippen molar-refractivity contribution in [2.24, 2.45) is 0 Å². The summed E-state index contributed by atoms with van der Waals surface area (Å²) in [5.41, 5.74) is 3.36. The second-order valence-electron chi connectivity index (χ2n) is 6.69. The minimum Gasteiger partial charge on any atom is -0.452 e. The van der Waals surface area contributed by atoms with Crippen molar-refractivity contribution in [2.45, 2.75) is 25.9 Å². The number of nitrogens with one attached hydrogen (secondary N) is 1. The molecule has 0 saturated heterocycles. The highest BCUT2D eigenvalue weighted by molar-refractivity contribution is 5.95. The van der Waals surface area contributed by atoms with Crippen LogP contribution >= 0.6 is 0 Å². The van der Waals surface area contributed by atoms with Crippen LogP contribution in [0.3, 0.4) is 0 Å².